The van der Waals surface area contributed by atoms with Crippen LogP contribution >= 0.6 is 23.2 Å². The van der Waals surface area contributed by atoms with Crippen LogP contribution in [0.3, 0.4) is 0 Å². The second-order valence-corrected chi connectivity index (χ2v) is 13.5. The van der Waals surface area contributed by atoms with Gasteiger partial charge in [-0.15, -0.1) is 0 Å². The minimum atomic E-state index is -0.788. The molecule has 3 N–H and O–H groups in total. The highest BCUT2D eigenvalue weighted by Crippen LogP contribution is 2.42. The van der Waals surface area contributed by atoms with Crippen LogP contribution in [0.25, 0.3) is 39.2 Å². The number of rotatable bonds is 11. The summed E-state index contributed by atoms with van der Waals surface area (Å²) < 4.78 is 7.10. The molecule has 2 atom stereocenters. The Morgan fingerprint density at radius 3 is 2.47 bits per heavy atom. The van der Waals surface area contributed by atoms with Crippen molar-refractivity contribution in [2.45, 2.75) is 38.4 Å². The summed E-state index contributed by atoms with van der Waals surface area (Å²) in [6.45, 7) is 2.46. The van der Waals surface area contributed by atoms with E-state index >= 15 is 0 Å². The fourth-order valence-corrected chi connectivity index (χ4v) is 7.36. The number of benzene rings is 2. The molecule has 3 aromatic heterocycles. The minimum Gasteiger partial charge on any atom is -0.481 e. The molecular formula is C37H35Cl2N7O5. The molecule has 12 nitrogen and oxygen atoms in total. The van der Waals surface area contributed by atoms with Crippen molar-refractivity contribution in [1.82, 2.24) is 34.9 Å². The molecule has 0 unspecified atom stereocenters. The van der Waals surface area contributed by atoms with Gasteiger partial charge in [0.05, 0.1) is 35.0 Å². The SMILES string of the molecule is COc1nc(-c2cccc(-c3cccc(-c4ccn5c(=O)c(CNC[C@@H]6CCC(=O)N6)cnc5c4)c3Cl)c2Cl)cnc1CN1CC[C@H](C(=O)O)C1. The Morgan fingerprint density at radius 2 is 1.76 bits per heavy atom. The summed E-state index contributed by atoms with van der Waals surface area (Å²) in [7, 11) is 1.53. The molecule has 2 aliphatic heterocycles. The van der Waals surface area contributed by atoms with E-state index < -0.39 is 11.9 Å². The van der Waals surface area contributed by atoms with E-state index in [9.17, 15) is 19.5 Å². The van der Waals surface area contributed by atoms with Crippen LogP contribution < -0.4 is 20.9 Å². The van der Waals surface area contributed by atoms with Crippen LogP contribution in [-0.4, -0.2) is 74.0 Å². The maximum atomic E-state index is 13.3. The largest absolute Gasteiger partial charge is 0.481 e. The summed E-state index contributed by atoms with van der Waals surface area (Å²) in [4.78, 5) is 52.1. The smallest absolute Gasteiger partial charge is 0.307 e. The number of carboxylic acid groups (broad SMARTS) is 1. The first-order valence-electron chi connectivity index (χ1n) is 16.6. The van der Waals surface area contributed by atoms with E-state index in [0.717, 1.165) is 17.5 Å². The molecule has 7 rings (SSSR count). The van der Waals surface area contributed by atoms with Crippen LogP contribution in [0.5, 0.6) is 5.88 Å². The van der Waals surface area contributed by atoms with Gasteiger partial charge in [0.15, 0.2) is 0 Å². The van der Waals surface area contributed by atoms with E-state index in [2.05, 4.69) is 20.6 Å². The van der Waals surface area contributed by atoms with Crippen molar-refractivity contribution in [3.05, 3.63) is 98.8 Å². The molecule has 0 aliphatic carbocycles. The molecule has 51 heavy (non-hydrogen) atoms. The maximum absolute atomic E-state index is 13.3. The molecule has 0 saturated carbocycles. The Kier molecular flexibility index (Phi) is 10.0. The average Bonchev–Trinajstić information content (AvgIpc) is 3.78. The Hall–Kier alpha value is -4.88. The van der Waals surface area contributed by atoms with Crippen molar-refractivity contribution in [1.29, 1.82) is 0 Å². The summed E-state index contributed by atoms with van der Waals surface area (Å²) in [6.07, 6.45) is 6.82. The Bertz CT molecular complexity index is 2210. The molecule has 2 fully saturated rings. The van der Waals surface area contributed by atoms with Crippen LogP contribution in [0.2, 0.25) is 10.0 Å². The number of carbonyl (C=O) groups is 2. The maximum Gasteiger partial charge on any atom is 0.307 e. The average molecular weight is 729 g/mol. The number of hydrogen-bond donors (Lipinski definition) is 3. The highest BCUT2D eigenvalue weighted by Gasteiger charge is 2.29. The number of carbonyl (C=O) groups excluding carboxylic acids is 1. The monoisotopic (exact) mass is 727 g/mol. The molecule has 2 aliphatic rings. The number of hydrogen-bond acceptors (Lipinski definition) is 9. The number of nitrogens with zero attached hydrogens (tertiary/aromatic N) is 5. The van der Waals surface area contributed by atoms with E-state index in [1.807, 2.05) is 53.4 Å². The van der Waals surface area contributed by atoms with Gasteiger partial charge in [0.2, 0.25) is 11.8 Å². The van der Waals surface area contributed by atoms with Gasteiger partial charge in [-0.1, -0.05) is 59.6 Å². The van der Waals surface area contributed by atoms with Gasteiger partial charge in [-0.25, -0.2) is 9.97 Å². The summed E-state index contributed by atoms with van der Waals surface area (Å²) in [5, 5.41) is 16.4. The number of pyridine rings is 1. The van der Waals surface area contributed by atoms with Gasteiger partial charge in [0.1, 0.15) is 11.3 Å². The number of methoxy groups -OCH3 is 1. The van der Waals surface area contributed by atoms with Crippen LogP contribution in [-0.2, 0) is 22.7 Å². The molecular weight excluding hydrogens is 693 g/mol. The number of amides is 1. The van der Waals surface area contributed by atoms with Gasteiger partial charge in [0, 0.05) is 78.9 Å². The third kappa shape index (κ3) is 7.18. The lowest BCUT2D eigenvalue weighted by Crippen LogP contribution is -2.36. The zero-order chi connectivity index (χ0) is 35.6. The highest BCUT2D eigenvalue weighted by atomic mass is 35.5. The highest BCUT2D eigenvalue weighted by molar-refractivity contribution is 6.39. The molecule has 5 aromatic rings. The van der Waals surface area contributed by atoms with Crippen molar-refractivity contribution in [2.24, 2.45) is 5.92 Å². The molecule has 2 aromatic carbocycles. The summed E-state index contributed by atoms with van der Waals surface area (Å²) in [6, 6.07) is 15.0. The fourth-order valence-electron chi connectivity index (χ4n) is 6.70. The second kappa shape index (κ2) is 14.8. The number of aliphatic carboxylic acids is 1. The van der Waals surface area contributed by atoms with Gasteiger partial charge in [-0.3, -0.25) is 28.7 Å². The Balaban J connectivity index is 1.12. The van der Waals surface area contributed by atoms with Gasteiger partial charge in [-0.05, 0) is 37.1 Å². The standard InChI is InChI=1S/C37H35Cl2N7O5/c1-51-35-30(20-45-12-10-22(19-45)37(49)50)41-18-29(44-35)28-7-3-6-27(34(28)39)26-5-2-4-25(33(26)38)21-11-13-46-31(14-21)42-16-23(36(46)48)15-40-17-24-8-9-32(47)43-24/h2-7,11,13-14,16,18,22,24,40H,8-10,12,15,17,19-20H2,1H3,(H,43,47)(H,49,50)/t22-,24-/m0/s1. The molecule has 5 heterocycles. The Morgan fingerprint density at radius 1 is 1.02 bits per heavy atom. The molecule has 0 spiro atoms. The first-order chi connectivity index (χ1) is 24.7. The van der Waals surface area contributed by atoms with Crippen molar-refractivity contribution in [2.75, 3.05) is 26.7 Å². The molecule has 14 heteroatoms. The number of fused-ring (bicyclic) bond motifs is 1. The molecule has 262 valence electrons. The van der Waals surface area contributed by atoms with Gasteiger partial charge < -0.3 is 20.5 Å². The lowest BCUT2D eigenvalue weighted by atomic mass is 9.97. The van der Waals surface area contributed by atoms with Crippen LogP contribution in [0.1, 0.15) is 30.5 Å². The molecule has 1 amide bonds. The van der Waals surface area contributed by atoms with Gasteiger partial charge >= 0.3 is 5.97 Å². The number of ether oxygens (including phenoxy) is 1. The predicted molar refractivity (Wildman–Crippen MR) is 194 cm³/mol. The number of likely N-dealkylation sites (tertiary alicyclic amines) is 1. The lowest BCUT2D eigenvalue weighted by Gasteiger charge is -2.17. The Labute approximate surface area is 303 Å². The third-order valence-electron chi connectivity index (χ3n) is 9.45. The predicted octanol–water partition coefficient (Wildman–Crippen LogP) is 5.08. The summed E-state index contributed by atoms with van der Waals surface area (Å²) >= 11 is 14.1. The summed E-state index contributed by atoms with van der Waals surface area (Å²) in [5.74, 6) is -0.777. The lowest BCUT2D eigenvalue weighted by molar-refractivity contribution is -0.141. The first-order valence-corrected chi connectivity index (χ1v) is 17.4. The van der Waals surface area contributed by atoms with Crippen LogP contribution in [0.15, 0.2) is 71.9 Å². The van der Waals surface area contributed by atoms with Crippen molar-refractivity contribution < 1.29 is 19.4 Å². The van der Waals surface area contributed by atoms with E-state index in [-0.39, 0.29) is 17.5 Å². The van der Waals surface area contributed by atoms with Crippen molar-refractivity contribution in [3.8, 4) is 39.4 Å². The van der Waals surface area contributed by atoms with Crippen molar-refractivity contribution in [3.63, 3.8) is 0 Å². The van der Waals surface area contributed by atoms with E-state index in [1.165, 1.54) is 11.5 Å². The topological polar surface area (TPSA) is 151 Å². The van der Waals surface area contributed by atoms with E-state index in [1.54, 1.807) is 18.6 Å². The quantitative estimate of drug-likeness (QED) is 0.168. The third-order valence-corrected chi connectivity index (χ3v) is 10.3. The second-order valence-electron chi connectivity index (χ2n) is 12.8. The van der Waals surface area contributed by atoms with Gasteiger partial charge in [-0.2, -0.15) is 0 Å². The number of nitrogens with one attached hydrogen (secondary N) is 2. The fraction of sp³-hybridized carbons (Fsp3) is 0.297. The van der Waals surface area contributed by atoms with E-state index in [4.69, 9.17) is 32.9 Å². The zero-order valence-electron chi connectivity index (χ0n) is 27.7. The van der Waals surface area contributed by atoms with Gasteiger partial charge in [0.25, 0.3) is 5.56 Å². The molecule has 2 saturated heterocycles. The first kappa shape index (κ1) is 34.6. The number of aromatic nitrogens is 4. The van der Waals surface area contributed by atoms with Crippen molar-refractivity contribution >= 4 is 40.7 Å². The molecule has 0 bridgehead atoms. The zero-order valence-corrected chi connectivity index (χ0v) is 29.2. The normalized spacial score (nSPS) is 17.6. The minimum absolute atomic E-state index is 0.0545. The van der Waals surface area contributed by atoms with Crippen LogP contribution in [0, 0.1) is 5.92 Å². The summed E-state index contributed by atoms with van der Waals surface area (Å²) in [5.41, 5.74) is 5.55. The number of carboxylic acids is 1. The van der Waals surface area contributed by atoms with Crippen LogP contribution in [0.4, 0.5) is 0 Å². The van der Waals surface area contributed by atoms with E-state index in [0.29, 0.717) is 101 Å². The number of halogens is 2. The molecule has 0 radical (unpaired) electrons.